The quantitative estimate of drug-likeness (QED) is 0.882. The standard InChI is InChI=1S/C17H19FO3/c1-3-20-14-7-5-13(6-8-14)16(19)11-21-17-10-12(2)4-9-15(17)18/h4-10,16,19H,3,11H2,1-2H3. The predicted molar refractivity (Wildman–Crippen MR) is 79.2 cm³/mol. The van der Waals surface area contributed by atoms with Crippen LogP contribution in [-0.2, 0) is 0 Å². The highest BCUT2D eigenvalue weighted by molar-refractivity contribution is 5.30. The average molecular weight is 290 g/mol. The normalized spacial score (nSPS) is 12.0. The van der Waals surface area contributed by atoms with Gasteiger partial charge in [-0.05, 0) is 49.2 Å². The molecule has 0 fully saturated rings. The second-order valence-corrected chi connectivity index (χ2v) is 4.76. The lowest BCUT2D eigenvalue weighted by Gasteiger charge is -2.14. The zero-order chi connectivity index (χ0) is 15.2. The first-order chi connectivity index (χ1) is 10.1. The minimum Gasteiger partial charge on any atom is -0.494 e. The van der Waals surface area contributed by atoms with Gasteiger partial charge in [0.1, 0.15) is 18.5 Å². The molecule has 0 heterocycles. The van der Waals surface area contributed by atoms with Crippen molar-refractivity contribution in [2.45, 2.75) is 20.0 Å². The fourth-order valence-corrected chi connectivity index (χ4v) is 1.94. The van der Waals surface area contributed by atoms with Crippen LogP contribution in [-0.4, -0.2) is 18.3 Å². The van der Waals surface area contributed by atoms with Crippen LogP contribution in [0.3, 0.4) is 0 Å². The van der Waals surface area contributed by atoms with Gasteiger partial charge in [-0.25, -0.2) is 4.39 Å². The Hall–Kier alpha value is -2.07. The first-order valence-electron chi connectivity index (χ1n) is 6.90. The maximum absolute atomic E-state index is 13.5. The lowest BCUT2D eigenvalue weighted by Crippen LogP contribution is -2.10. The van der Waals surface area contributed by atoms with Crippen LogP contribution in [0, 0.1) is 12.7 Å². The zero-order valence-electron chi connectivity index (χ0n) is 12.2. The Morgan fingerprint density at radius 3 is 2.48 bits per heavy atom. The van der Waals surface area contributed by atoms with Crippen LogP contribution in [0.1, 0.15) is 24.2 Å². The molecule has 0 saturated carbocycles. The summed E-state index contributed by atoms with van der Waals surface area (Å²) in [5.41, 5.74) is 1.61. The lowest BCUT2D eigenvalue weighted by molar-refractivity contribution is 0.106. The minimum absolute atomic E-state index is 0.00560. The van der Waals surface area contributed by atoms with Gasteiger partial charge in [-0.1, -0.05) is 18.2 Å². The second kappa shape index (κ2) is 7.09. The molecule has 0 radical (unpaired) electrons. The summed E-state index contributed by atoms with van der Waals surface area (Å²) in [6, 6.07) is 11.8. The molecular formula is C17H19FO3. The van der Waals surface area contributed by atoms with Gasteiger partial charge in [-0.2, -0.15) is 0 Å². The van der Waals surface area contributed by atoms with Gasteiger partial charge in [0.05, 0.1) is 6.61 Å². The summed E-state index contributed by atoms with van der Waals surface area (Å²) >= 11 is 0. The third-order valence-electron chi connectivity index (χ3n) is 3.06. The maximum Gasteiger partial charge on any atom is 0.165 e. The minimum atomic E-state index is -0.819. The molecule has 0 amide bonds. The van der Waals surface area contributed by atoms with E-state index in [2.05, 4.69) is 0 Å². The summed E-state index contributed by atoms with van der Waals surface area (Å²) in [7, 11) is 0. The predicted octanol–water partition coefficient (Wildman–Crippen LogP) is 3.65. The molecule has 3 nitrogen and oxygen atoms in total. The second-order valence-electron chi connectivity index (χ2n) is 4.76. The summed E-state index contributed by atoms with van der Waals surface area (Å²) in [5.74, 6) is 0.471. The van der Waals surface area contributed by atoms with Crippen molar-refractivity contribution >= 4 is 0 Å². The van der Waals surface area contributed by atoms with Gasteiger partial charge < -0.3 is 14.6 Å². The van der Waals surface area contributed by atoms with Crippen LogP contribution in [0.25, 0.3) is 0 Å². The molecule has 1 unspecified atom stereocenters. The third-order valence-corrected chi connectivity index (χ3v) is 3.06. The number of ether oxygens (including phenoxy) is 2. The van der Waals surface area contributed by atoms with Gasteiger partial charge in [0, 0.05) is 0 Å². The van der Waals surface area contributed by atoms with Gasteiger partial charge in [0.15, 0.2) is 11.6 Å². The van der Waals surface area contributed by atoms with E-state index in [4.69, 9.17) is 9.47 Å². The van der Waals surface area contributed by atoms with E-state index < -0.39 is 11.9 Å². The van der Waals surface area contributed by atoms with Crippen molar-refractivity contribution in [3.05, 3.63) is 59.4 Å². The Morgan fingerprint density at radius 1 is 1.10 bits per heavy atom. The molecular weight excluding hydrogens is 271 g/mol. The highest BCUT2D eigenvalue weighted by atomic mass is 19.1. The van der Waals surface area contributed by atoms with E-state index in [0.717, 1.165) is 11.3 Å². The molecule has 0 spiro atoms. The van der Waals surface area contributed by atoms with Crippen molar-refractivity contribution < 1.29 is 19.0 Å². The molecule has 0 aliphatic carbocycles. The van der Waals surface area contributed by atoms with Gasteiger partial charge in [-0.3, -0.25) is 0 Å². The maximum atomic E-state index is 13.5. The molecule has 0 bridgehead atoms. The van der Waals surface area contributed by atoms with Gasteiger partial charge in [-0.15, -0.1) is 0 Å². The van der Waals surface area contributed by atoms with Crippen LogP contribution < -0.4 is 9.47 Å². The molecule has 0 aromatic heterocycles. The van der Waals surface area contributed by atoms with Crippen molar-refractivity contribution in [2.75, 3.05) is 13.2 Å². The van der Waals surface area contributed by atoms with Crippen LogP contribution in [0.15, 0.2) is 42.5 Å². The summed E-state index contributed by atoms with van der Waals surface area (Å²) in [4.78, 5) is 0. The molecule has 2 aromatic rings. The number of rotatable bonds is 6. The van der Waals surface area contributed by atoms with E-state index in [1.807, 2.05) is 13.8 Å². The first-order valence-corrected chi connectivity index (χ1v) is 6.90. The molecule has 4 heteroatoms. The van der Waals surface area contributed by atoms with Crippen LogP contribution in [0.2, 0.25) is 0 Å². The van der Waals surface area contributed by atoms with Crippen molar-refractivity contribution in [1.82, 2.24) is 0 Å². The smallest absolute Gasteiger partial charge is 0.165 e. The highest BCUT2D eigenvalue weighted by Crippen LogP contribution is 2.22. The van der Waals surface area contributed by atoms with Gasteiger partial charge in [0.25, 0.3) is 0 Å². The van der Waals surface area contributed by atoms with Crippen LogP contribution in [0.4, 0.5) is 4.39 Å². The Kier molecular flexibility index (Phi) is 5.17. The first kappa shape index (κ1) is 15.3. The number of halogens is 1. The molecule has 21 heavy (non-hydrogen) atoms. The van der Waals surface area contributed by atoms with Gasteiger partial charge >= 0.3 is 0 Å². The topological polar surface area (TPSA) is 38.7 Å². The number of aryl methyl sites for hydroxylation is 1. The fourth-order valence-electron chi connectivity index (χ4n) is 1.94. The molecule has 0 aliphatic heterocycles. The molecule has 0 saturated heterocycles. The molecule has 1 atom stereocenters. The van der Waals surface area contributed by atoms with Crippen LogP contribution in [0.5, 0.6) is 11.5 Å². The molecule has 0 aliphatic rings. The van der Waals surface area contributed by atoms with Gasteiger partial charge in [0.2, 0.25) is 0 Å². The largest absolute Gasteiger partial charge is 0.494 e. The fraction of sp³-hybridized carbons (Fsp3) is 0.294. The number of hydrogen-bond acceptors (Lipinski definition) is 3. The van der Waals surface area contributed by atoms with E-state index in [9.17, 15) is 9.50 Å². The monoisotopic (exact) mass is 290 g/mol. The van der Waals surface area contributed by atoms with Crippen molar-refractivity contribution in [1.29, 1.82) is 0 Å². The Bertz CT molecular complexity index is 581. The molecule has 2 rings (SSSR count). The summed E-state index contributed by atoms with van der Waals surface area (Å²) in [6.45, 7) is 4.36. The molecule has 112 valence electrons. The number of hydrogen-bond donors (Lipinski definition) is 1. The van der Waals surface area contributed by atoms with E-state index >= 15 is 0 Å². The molecule has 2 aromatic carbocycles. The number of aliphatic hydroxyl groups excluding tert-OH is 1. The lowest BCUT2D eigenvalue weighted by atomic mass is 10.1. The summed E-state index contributed by atoms with van der Waals surface area (Å²) < 4.78 is 24.2. The van der Waals surface area contributed by atoms with Crippen molar-refractivity contribution in [3.8, 4) is 11.5 Å². The van der Waals surface area contributed by atoms with Crippen LogP contribution >= 0.6 is 0 Å². The number of benzene rings is 2. The number of aliphatic hydroxyl groups is 1. The van der Waals surface area contributed by atoms with Crippen molar-refractivity contribution in [3.63, 3.8) is 0 Å². The third kappa shape index (κ3) is 4.20. The SMILES string of the molecule is CCOc1ccc(C(O)COc2cc(C)ccc2F)cc1. The average Bonchev–Trinajstić information content (AvgIpc) is 2.49. The van der Waals surface area contributed by atoms with E-state index in [1.54, 1.807) is 36.4 Å². The molecule has 1 N–H and O–H groups in total. The van der Waals surface area contributed by atoms with Crippen molar-refractivity contribution in [2.24, 2.45) is 0 Å². The summed E-state index contributed by atoms with van der Waals surface area (Å²) in [5, 5.41) is 10.1. The highest BCUT2D eigenvalue weighted by Gasteiger charge is 2.11. The Balaban J connectivity index is 1.97. The Morgan fingerprint density at radius 2 is 1.81 bits per heavy atom. The van der Waals surface area contributed by atoms with E-state index in [1.165, 1.54) is 6.07 Å². The van der Waals surface area contributed by atoms with E-state index in [-0.39, 0.29) is 12.4 Å². The summed E-state index contributed by atoms with van der Waals surface area (Å²) in [6.07, 6.45) is -0.819. The zero-order valence-corrected chi connectivity index (χ0v) is 12.2. The Labute approximate surface area is 124 Å². The van der Waals surface area contributed by atoms with E-state index in [0.29, 0.717) is 12.2 Å².